The standard InChI is InChI=1S/C20H26N2O3S/c1-10(2)15-8-7-11(3)9-16(15)25-13(5)19(24)22-20-17(18(21)23)12(4)14(6)26-20/h7-10,13H,1-6H3,(H2,21,23)(H,22,24)/t13-/m0/s1. The number of nitrogens with two attached hydrogens (primary N) is 1. The number of nitrogens with one attached hydrogen (secondary N) is 1. The summed E-state index contributed by atoms with van der Waals surface area (Å²) in [6.45, 7) is 11.6. The number of amides is 2. The second kappa shape index (κ2) is 7.91. The van der Waals surface area contributed by atoms with Crippen molar-refractivity contribution in [3.8, 4) is 5.75 Å². The zero-order valence-corrected chi connectivity index (χ0v) is 16.9. The molecule has 0 aliphatic rings. The number of primary amides is 1. The van der Waals surface area contributed by atoms with Crippen molar-refractivity contribution in [2.75, 3.05) is 5.32 Å². The van der Waals surface area contributed by atoms with Crippen LogP contribution in [0.3, 0.4) is 0 Å². The molecule has 0 aliphatic carbocycles. The minimum absolute atomic E-state index is 0.282. The lowest BCUT2D eigenvalue weighted by molar-refractivity contribution is -0.122. The van der Waals surface area contributed by atoms with E-state index in [9.17, 15) is 9.59 Å². The molecule has 0 fully saturated rings. The molecule has 2 rings (SSSR count). The van der Waals surface area contributed by atoms with Gasteiger partial charge >= 0.3 is 0 Å². The Morgan fingerprint density at radius 3 is 2.38 bits per heavy atom. The second-order valence-electron chi connectivity index (χ2n) is 6.80. The molecule has 0 saturated heterocycles. The molecule has 0 radical (unpaired) electrons. The van der Waals surface area contributed by atoms with Crippen molar-refractivity contribution in [3.63, 3.8) is 0 Å². The summed E-state index contributed by atoms with van der Waals surface area (Å²) in [5, 5.41) is 3.26. The molecule has 0 unspecified atom stereocenters. The summed E-state index contributed by atoms with van der Waals surface area (Å²) < 4.78 is 5.94. The summed E-state index contributed by atoms with van der Waals surface area (Å²) in [4.78, 5) is 25.2. The van der Waals surface area contributed by atoms with E-state index in [2.05, 4.69) is 19.2 Å². The lowest BCUT2D eigenvalue weighted by atomic mass is 10.0. The van der Waals surface area contributed by atoms with Gasteiger partial charge in [0.2, 0.25) is 0 Å². The summed E-state index contributed by atoms with van der Waals surface area (Å²) in [5.74, 6) is 0.127. The van der Waals surface area contributed by atoms with Gasteiger partial charge in [-0.05, 0) is 56.4 Å². The van der Waals surface area contributed by atoms with E-state index in [0.29, 0.717) is 16.3 Å². The molecule has 2 amide bonds. The van der Waals surface area contributed by atoms with Crippen LogP contribution < -0.4 is 15.8 Å². The van der Waals surface area contributed by atoms with E-state index >= 15 is 0 Å². The Bertz CT molecular complexity index is 840. The van der Waals surface area contributed by atoms with Crippen LogP contribution in [-0.2, 0) is 4.79 Å². The third-order valence-electron chi connectivity index (χ3n) is 4.33. The maximum Gasteiger partial charge on any atom is 0.265 e. The Hall–Kier alpha value is -2.34. The normalized spacial score (nSPS) is 12.1. The average molecular weight is 375 g/mol. The molecule has 1 aromatic carbocycles. The third-order valence-corrected chi connectivity index (χ3v) is 5.46. The van der Waals surface area contributed by atoms with Crippen LogP contribution in [0.4, 0.5) is 5.00 Å². The molecule has 5 nitrogen and oxygen atoms in total. The quantitative estimate of drug-likeness (QED) is 0.791. The molecule has 3 N–H and O–H groups in total. The Morgan fingerprint density at radius 1 is 1.15 bits per heavy atom. The lowest BCUT2D eigenvalue weighted by Crippen LogP contribution is -2.31. The number of hydrogen-bond donors (Lipinski definition) is 2. The first-order chi connectivity index (χ1) is 12.1. The van der Waals surface area contributed by atoms with Crippen LogP contribution in [-0.4, -0.2) is 17.9 Å². The van der Waals surface area contributed by atoms with Gasteiger partial charge in [0.05, 0.1) is 5.56 Å². The van der Waals surface area contributed by atoms with E-state index in [-0.39, 0.29) is 11.8 Å². The van der Waals surface area contributed by atoms with Crippen molar-refractivity contribution in [1.82, 2.24) is 0 Å². The number of rotatable bonds is 6. The fourth-order valence-electron chi connectivity index (χ4n) is 2.69. The minimum atomic E-state index is -0.710. The predicted octanol–water partition coefficient (Wildman–Crippen LogP) is 4.30. The molecule has 0 bridgehead atoms. The number of ether oxygens (including phenoxy) is 1. The van der Waals surface area contributed by atoms with Crippen molar-refractivity contribution in [2.24, 2.45) is 5.73 Å². The molecule has 0 spiro atoms. The van der Waals surface area contributed by atoms with Crippen molar-refractivity contribution in [1.29, 1.82) is 0 Å². The first kappa shape index (κ1) is 20.0. The van der Waals surface area contributed by atoms with E-state index in [1.165, 1.54) is 11.3 Å². The molecule has 2 aromatic rings. The number of hydrogen-bond acceptors (Lipinski definition) is 4. The monoisotopic (exact) mass is 374 g/mol. The smallest absolute Gasteiger partial charge is 0.265 e. The molecule has 6 heteroatoms. The van der Waals surface area contributed by atoms with E-state index in [4.69, 9.17) is 10.5 Å². The SMILES string of the molecule is Cc1ccc(C(C)C)c(O[C@@H](C)C(=O)Nc2sc(C)c(C)c2C(N)=O)c1. The minimum Gasteiger partial charge on any atom is -0.481 e. The van der Waals surface area contributed by atoms with Gasteiger partial charge in [0.15, 0.2) is 6.10 Å². The molecule has 1 atom stereocenters. The van der Waals surface area contributed by atoms with Gasteiger partial charge in [0.25, 0.3) is 11.8 Å². The number of thiophene rings is 1. The second-order valence-corrected chi connectivity index (χ2v) is 8.02. The number of aryl methyl sites for hydroxylation is 2. The molecular formula is C20H26N2O3S. The van der Waals surface area contributed by atoms with Crippen molar-refractivity contribution >= 4 is 28.2 Å². The van der Waals surface area contributed by atoms with Gasteiger partial charge in [-0.3, -0.25) is 9.59 Å². The molecule has 26 heavy (non-hydrogen) atoms. The summed E-state index contributed by atoms with van der Waals surface area (Å²) >= 11 is 1.34. The van der Waals surface area contributed by atoms with E-state index in [1.807, 2.05) is 39.0 Å². The van der Waals surface area contributed by atoms with Crippen molar-refractivity contribution < 1.29 is 14.3 Å². The van der Waals surface area contributed by atoms with Crippen LogP contribution in [0.15, 0.2) is 18.2 Å². The number of anilines is 1. The van der Waals surface area contributed by atoms with Gasteiger partial charge in [-0.25, -0.2) is 0 Å². The molecule has 140 valence electrons. The fraction of sp³-hybridized carbons (Fsp3) is 0.400. The Labute approximate surface area is 158 Å². The highest BCUT2D eigenvalue weighted by atomic mass is 32.1. The lowest BCUT2D eigenvalue weighted by Gasteiger charge is -2.19. The molecule has 0 aliphatic heterocycles. The van der Waals surface area contributed by atoms with Crippen LogP contribution in [0.1, 0.15) is 58.6 Å². The van der Waals surface area contributed by atoms with Crippen LogP contribution in [0.5, 0.6) is 5.75 Å². The number of carbonyl (C=O) groups is 2. The predicted molar refractivity (Wildman–Crippen MR) is 106 cm³/mol. The average Bonchev–Trinajstić information content (AvgIpc) is 2.81. The van der Waals surface area contributed by atoms with Gasteiger partial charge in [0.1, 0.15) is 10.8 Å². The zero-order valence-electron chi connectivity index (χ0n) is 16.1. The number of benzene rings is 1. The maximum absolute atomic E-state index is 12.6. The molecule has 0 saturated carbocycles. The topological polar surface area (TPSA) is 81.4 Å². The van der Waals surface area contributed by atoms with Crippen LogP contribution in [0.25, 0.3) is 0 Å². The molecular weight excluding hydrogens is 348 g/mol. The fourth-order valence-corrected chi connectivity index (χ4v) is 3.76. The van der Waals surface area contributed by atoms with E-state index < -0.39 is 12.0 Å². The first-order valence-electron chi connectivity index (χ1n) is 8.59. The van der Waals surface area contributed by atoms with Gasteiger partial charge in [-0.1, -0.05) is 26.0 Å². The summed E-state index contributed by atoms with van der Waals surface area (Å²) in [5.41, 5.74) is 8.74. The Kier molecular flexibility index (Phi) is 6.08. The van der Waals surface area contributed by atoms with Gasteiger partial charge in [0, 0.05) is 4.88 Å². The van der Waals surface area contributed by atoms with Gasteiger partial charge in [-0.15, -0.1) is 11.3 Å². The molecule has 1 heterocycles. The maximum atomic E-state index is 12.6. The third kappa shape index (κ3) is 4.25. The summed E-state index contributed by atoms with van der Waals surface area (Å²) in [6, 6.07) is 5.99. The van der Waals surface area contributed by atoms with Gasteiger partial charge < -0.3 is 15.8 Å². The van der Waals surface area contributed by atoms with E-state index in [0.717, 1.165) is 21.6 Å². The highest BCUT2D eigenvalue weighted by Crippen LogP contribution is 2.33. The van der Waals surface area contributed by atoms with Gasteiger partial charge in [-0.2, -0.15) is 0 Å². The largest absolute Gasteiger partial charge is 0.481 e. The Balaban J connectivity index is 2.21. The van der Waals surface area contributed by atoms with Crippen molar-refractivity contribution in [3.05, 3.63) is 45.3 Å². The molecule has 1 aromatic heterocycles. The summed E-state index contributed by atoms with van der Waals surface area (Å²) in [6.07, 6.45) is -0.710. The van der Waals surface area contributed by atoms with E-state index in [1.54, 1.807) is 6.92 Å². The summed E-state index contributed by atoms with van der Waals surface area (Å²) in [7, 11) is 0. The zero-order chi connectivity index (χ0) is 19.6. The van der Waals surface area contributed by atoms with Crippen LogP contribution in [0, 0.1) is 20.8 Å². The first-order valence-corrected chi connectivity index (χ1v) is 9.41. The van der Waals surface area contributed by atoms with Crippen molar-refractivity contribution in [2.45, 2.75) is 53.6 Å². The highest BCUT2D eigenvalue weighted by molar-refractivity contribution is 7.16. The Morgan fingerprint density at radius 2 is 1.81 bits per heavy atom. The van der Waals surface area contributed by atoms with Crippen LogP contribution >= 0.6 is 11.3 Å². The number of carbonyl (C=O) groups excluding carboxylic acids is 2. The highest BCUT2D eigenvalue weighted by Gasteiger charge is 2.23. The van der Waals surface area contributed by atoms with Crippen LogP contribution in [0.2, 0.25) is 0 Å².